The first-order valence-electron chi connectivity index (χ1n) is 8.77. The van der Waals surface area contributed by atoms with E-state index in [0.29, 0.717) is 24.2 Å². The molecular weight excluding hydrogens is 415 g/mol. The first-order chi connectivity index (χ1) is 13.1. The van der Waals surface area contributed by atoms with E-state index in [4.69, 9.17) is 9.47 Å². The van der Waals surface area contributed by atoms with Gasteiger partial charge >= 0.3 is 0 Å². The van der Waals surface area contributed by atoms with Gasteiger partial charge in [0.2, 0.25) is 0 Å². The minimum Gasteiger partial charge on any atom is -0.497 e. The molecule has 1 heterocycles. The fourth-order valence-electron chi connectivity index (χ4n) is 3.13. The highest BCUT2D eigenvalue weighted by Gasteiger charge is 2.24. The molecule has 2 aromatic carbocycles. The molecule has 1 amide bonds. The zero-order valence-electron chi connectivity index (χ0n) is 15.1. The Morgan fingerprint density at radius 1 is 1.26 bits per heavy atom. The molecule has 27 heavy (non-hydrogen) atoms. The highest BCUT2D eigenvalue weighted by molar-refractivity contribution is 9.10. The van der Waals surface area contributed by atoms with Gasteiger partial charge in [0, 0.05) is 24.1 Å². The number of hydrogen-bond donors (Lipinski definition) is 1. The van der Waals surface area contributed by atoms with Crippen molar-refractivity contribution in [3.05, 3.63) is 63.9 Å². The van der Waals surface area contributed by atoms with Crippen LogP contribution in [0.5, 0.6) is 5.75 Å². The molecule has 0 aromatic heterocycles. The summed E-state index contributed by atoms with van der Waals surface area (Å²) in [5.41, 5.74) is 1.09. The number of carbonyl (C=O) groups is 1. The summed E-state index contributed by atoms with van der Waals surface area (Å²) in [5.74, 6) is -0.191. The van der Waals surface area contributed by atoms with Crippen molar-refractivity contribution >= 4 is 21.8 Å². The van der Waals surface area contributed by atoms with Crippen LogP contribution in [0, 0.1) is 5.82 Å². The minimum absolute atomic E-state index is 0.0276. The number of carbonyl (C=O) groups excluding carboxylic acids is 1. The molecule has 1 aliphatic heterocycles. The number of morpholine rings is 1. The summed E-state index contributed by atoms with van der Waals surface area (Å²) in [5, 5.41) is 2.88. The molecular formula is C20H22BrFN2O3. The Labute approximate surface area is 166 Å². The number of halogens is 2. The van der Waals surface area contributed by atoms with Gasteiger partial charge in [-0.05, 0) is 35.9 Å². The second-order valence-electron chi connectivity index (χ2n) is 6.27. The fraction of sp³-hybridized carbons (Fsp3) is 0.350. The third-order valence-corrected chi connectivity index (χ3v) is 5.11. The number of nitrogens with zero attached hydrogens (tertiary/aromatic N) is 1. The third kappa shape index (κ3) is 5.06. The molecule has 144 valence electrons. The summed E-state index contributed by atoms with van der Waals surface area (Å²) >= 11 is 3.28. The Hall–Kier alpha value is -1.96. The maximum atomic E-state index is 14.0. The smallest absolute Gasteiger partial charge is 0.254 e. The first kappa shape index (κ1) is 19.8. The van der Waals surface area contributed by atoms with Crippen molar-refractivity contribution in [2.75, 3.05) is 40.0 Å². The molecule has 3 rings (SSSR count). The monoisotopic (exact) mass is 436 g/mol. The molecule has 0 aliphatic carbocycles. The average Bonchev–Trinajstić information content (AvgIpc) is 2.71. The number of amides is 1. The molecule has 0 saturated carbocycles. The molecule has 2 aromatic rings. The van der Waals surface area contributed by atoms with Crippen LogP contribution in [0.25, 0.3) is 0 Å². The van der Waals surface area contributed by atoms with E-state index in [2.05, 4.69) is 26.1 Å². The Morgan fingerprint density at radius 2 is 1.96 bits per heavy atom. The second kappa shape index (κ2) is 9.30. The molecule has 5 nitrogen and oxygen atoms in total. The van der Waals surface area contributed by atoms with E-state index in [0.717, 1.165) is 24.4 Å². The van der Waals surface area contributed by atoms with Crippen LogP contribution >= 0.6 is 15.9 Å². The summed E-state index contributed by atoms with van der Waals surface area (Å²) < 4.78 is 25.3. The molecule has 1 fully saturated rings. The van der Waals surface area contributed by atoms with Crippen LogP contribution in [-0.2, 0) is 4.74 Å². The van der Waals surface area contributed by atoms with Gasteiger partial charge in [0.05, 0.1) is 31.9 Å². The highest BCUT2D eigenvalue weighted by atomic mass is 79.9. The van der Waals surface area contributed by atoms with Crippen LogP contribution in [0.3, 0.4) is 0 Å². The average molecular weight is 437 g/mol. The van der Waals surface area contributed by atoms with Crippen LogP contribution in [0.4, 0.5) is 4.39 Å². The number of benzene rings is 2. The van der Waals surface area contributed by atoms with Gasteiger partial charge < -0.3 is 14.8 Å². The molecule has 1 N–H and O–H groups in total. The fourth-order valence-corrected chi connectivity index (χ4v) is 3.49. The Balaban J connectivity index is 1.76. The maximum Gasteiger partial charge on any atom is 0.254 e. The standard InChI is InChI=1S/C20H22BrFN2O3/c1-26-16-5-2-14(3-6-16)19(24-8-10-27-11-9-24)13-23-20(25)17-12-15(21)4-7-18(17)22/h2-7,12,19H,8-11,13H2,1H3,(H,23,25). The number of hydrogen-bond acceptors (Lipinski definition) is 4. The van der Waals surface area contributed by atoms with E-state index in [1.54, 1.807) is 13.2 Å². The van der Waals surface area contributed by atoms with Crippen LogP contribution in [0.2, 0.25) is 0 Å². The van der Waals surface area contributed by atoms with E-state index in [-0.39, 0.29) is 11.6 Å². The van der Waals surface area contributed by atoms with E-state index in [1.165, 1.54) is 12.1 Å². The number of nitrogens with one attached hydrogen (secondary N) is 1. The predicted octanol–water partition coefficient (Wildman–Crippen LogP) is 3.40. The Kier molecular flexibility index (Phi) is 6.82. The highest BCUT2D eigenvalue weighted by Crippen LogP contribution is 2.24. The molecule has 7 heteroatoms. The minimum atomic E-state index is -0.539. The lowest BCUT2D eigenvalue weighted by atomic mass is 10.0. The first-order valence-corrected chi connectivity index (χ1v) is 9.57. The van der Waals surface area contributed by atoms with Gasteiger partial charge in [-0.1, -0.05) is 28.1 Å². The molecule has 0 bridgehead atoms. The number of methoxy groups -OCH3 is 1. The Morgan fingerprint density at radius 3 is 2.63 bits per heavy atom. The summed E-state index contributed by atoms with van der Waals surface area (Å²) in [4.78, 5) is 14.8. The van der Waals surface area contributed by atoms with E-state index >= 15 is 0 Å². The van der Waals surface area contributed by atoms with Gasteiger partial charge in [0.15, 0.2) is 0 Å². The van der Waals surface area contributed by atoms with Crippen LogP contribution < -0.4 is 10.1 Å². The molecule has 0 radical (unpaired) electrons. The van der Waals surface area contributed by atoms with Crippen LogP contribution in [0.15, 0.2) is 46.9 Å². The van der Waals surface area contributed by atoms with Crippen LogP contribution in [0.1, 0.15) is 22.0 Å². The normalized spacial score (nSPS) is 16.0. The van der Waals surface area contributed by atoms with Crippen molar-refractivity contribution in [2.24, 2.45) is 0 Å². The number of ether oxygens (including phenoxy) is 2. The van der Waals surface area contributed by atoms with Gasteiger partial charge in [0.1, 0.15) is 11.6 Å². The molecule has 0 spiro atoms. The van der Waals surface area contributed by atoms with Gasteiger partial charge in [-0.15, -0.1) is 0 Å². The number of rotatable bonds is 6. The molecule has 1 unspecified atom stereocenters. The van der Waals surface area contributed by atoms with Gasteiger partial charge in [0.25, 0.3) is 5.91 Å². The lowest BCUT2D eigenvalue weighted by Gasteiger charge is -2.35. The lowest BCUT2D eigenvalue weighted by Crippen LogP contribution is -2.43. The van der Waals surface area contributed by atoms with Crippen molar-refractivity contribution in [1.29, 1.82) is 0 Å². The van der Waals surface area contributed by atoms with Gasteiger partial charge in [-0.3, -0.25) is 9.69 Å². The summed E-state index contributed by atoms with van der Waals surface area (Å²) in [6.45, 7) is 3.23. The summed E-state index contributed by atoms with van der Waals surface area (Å²) in [7, 11) is 1.63. The largest absolute Gasteiger partial charge is 0.497 e. The molecule has 1 saturated heterocycles. The molecule has 1 atom stereocenters. The maximum absolute atomic E-state index is 14.0. The quantitative estimate of drug-likeness (QED) is 0.753. The van der Waals surface area contributed by atoms with Crippen molar-refractivity contribution in [2.45, 2.75) is 6.04 Å². The summed E-state index contributed by atoms with van der Waals surface area (Å²) in [6, 6.07) is 12.1. The topological polar surface area (TPSA) is 50.8 Å². The zero-order valence-corrected chi connectivity index (χ0v) is 16.7. The van der Waals surface area contributed by atoms with Gasteiger partial charge in [-0.25, -0.2) is 4.39 Å². The van der Waals surface area contributed by atoms with E-state index < -0.39 is 11.7 Å². The second-order valence-corrected chi connectivity index (χ2v) is 7.19. The predicted molar refractivity (Wildman–Crippen MR) is 105 cm³/mol. The Bertz CT molecular complexity index is 779. The van der Waals surface area contributed by atoms with Gasteiger partial charge in [-0.2, -0.15) is 0 Å². The van der Waals surface area contributed by atoms with Crippen molar-refractivity contribution in [3.8, 4) is 5.75 Å². The van der Waals surface area contributed by atoms with Crippen molar-refractivity contribution in [3.63, 3.8) is 0 Å². The summed E-state index contributed by atoms with van der Waals surface area (Å²) in [6.07, 6.45) is 0. The molecule has 1 aliphatic rings. The lowest BCUT2D eigenvalue weighted by molar-refractivity contribution is 0.0162. The van der Waals surface area contributed by atoms with E-state index in [1.807, 2.05) is 24.3 Å². The SMILES string of the molecule is COc1ccc(C(CNC(=O)c2cc(Br)ccc2F)N2CCOCC2)cc1. The van der Waals surface area contributed by atoms with Crippen molar-refractivity contribution in [1.82, 2.24) is 10.2 Å². The zero-order chi connectivity index (χ0) is 19.2. The third-order valence-electron chi connectivity index (χ3n) is 4.62. The van der Waals surface area contributed by atoms with E-state index in [9.17, 15) is 9.18 Å². The van der Waals surface area contributed by atoms with Crippen LogP contribution in [-0.4, -0.2) is 50.8 Å². The van der Waals surface area contributed by atoms with Crippen molar-refractivity contribution < 1.29 is 18.7 Å².